The van der Waals surface area contributed by atoms with E-state index in [-0.39, 0.29) is 53.1 Å². The molecule has 2 amide bonds. The predicted octanol–water partition coefficient (Wildman–Crippen LogP) is 4.19. The molecule has 2 heterocycles. The van der Waals surface area contributed by atoms with Crippen molar-refractivity contribution in [1.82, 2.24) is 20.4 Å². The first-order valence-electron chi connectivity index (χ1n) is 14.6. The lowest BCUT2D eigenvalue weighted by Gasteiger charge is -2.25. The first-order chi connectivity index (χ1) is 20.3. The molecule has 2 bridgehead atoms. The van der Waals surface area contributed by atoms with Crippen LogP contribution in [-0.2, 0) is 30.9 Å². The molecule has 1 aliphatic heterocycles. The highest BCUT2D eigenvalue weighted by Crippen LogP contribution is 2.28. The summed E-state index contributed by atoms with van der Waals surface area (Å²) in [6, 6.07) is 1.60. The molecule has 1 aliphatic carbocycles. The van der Waals surface area contributed by atoms with Gasteiger partial charge in [-0.2, -0.15) is 5.10 Å². The molecule has 0 radical (unpaired) electrons. The van der Waals surface area contributed by atoms with Crippen molar-refractivity contribution in [3.63, 3.8) is 0 Å². The molecule has 0 aromatic carbocycles. The third kappa shape index (κ3) is 9.05. The normalized spacial score (nSPS) is 27.9. The highest BCUT2D eigenvalue weighted by atomic mass is 16.5. The summed E-state index contributed by atoms with van der Waals surface area (Å²) in [5, 5.41) is 9.47. The van der Waals surface area contributed by atoms with Gasteiger partial charge in [0.1, 0.15) is 5.69 Å². The first kappa shape index (κ1) is 33.6. The van der Waals surface area contributed by atoms with Crippen molar-refractivity contribution in [2.24, 2.45) is 18.9 Å². The summed E-state index contributed by atoms with van der Waals surface area (Å²) >= 11 is 0. The van der Waals surface area contributed by atoms with Crippen molar-refractivity contribution in [1.29, 1.82) is 0 Å². The SMILES string of the molecule is CO[C@H]1C[C@H](C)CC2=C(NC(=O)c3cc(C)nn3C)C(=O)C=C(NC(=O)/C(C)=C/C=C\[C@H](OC)C/C(C)=C/[C@H](C)C1)C2=O. The number of ether oxygens (including phenoxy) is 2. The van der Waals surface area contributed by atoms with Crippen LogP contribution in [0.2, 0.25) is 0 Å². The average Bonchev–Trinajstić information content (AvgIpc) is 3.28. The lowest BCUT2D eigenvalue weighted by atomic mass is 9.86. The van der Waals surface area contributed by atoms with Crippen LogP contribution in [0.3, 0.4) is 0 Å². The Kier molecular flexibility index (Phi) is 11.7. The van der Waals surface area contributed by atoms with E-state index in [9.17, 15) is 19.2 Å². The number of carbonyl (C=O) groups excluding carboxylic acids is 4. The van der Waals surface area contributed by atoms with Gasteiger partial charge in [0.05, 0.1) is 29.3 Å². The summed E-state index contributed by atoms with van der Waals surface area (Å²) in [5.41, 5.74) is 2.34. The molecule has 0 saturated heterocycles. The third-order valence-corrected chi connectivity index (χ3v) is 7.67. The van der Waals surface area contributed by atoms with E-state index in [2.05, 4.69) is 35.7 Å². The fourth-order valence-electron chi connectivity index (χ4n) is 5.49. The molecule has 2 N–H and O–H groups in total. The number of ketones is 2. The lowest BCUT2D eigenvalue weighted by Crippen LogP contribution is -2.38. The molecule has 3 rings (SSSR count). The van der Waals surface area contributed by atoms with Crippen LogP contribution in [0.1, 0.15) is 69.6 Å². The largest absolute Gasteiger partial charge is 0.381 e. The summed E-state index contributed by atoms with van der Waals surface area (Å²) in [6.07, 6.45) is 10.6. The first-order valence-corrected chi connectivity index (χ1v) is 14.6. The summed E-state index contributed by atoms with van der Waals surface area (Å²) in [4.78, 5) is 53.3. The van der Waals surface area contributed by atoms with Gasteiger partial charge in [0, 0.05) is 38.5 Å². The van der Waals surface area contributed by atoms with E-state index in [0.717, 1.165) is 12.5 Å². The van der Waals surface area contributed by atoms with E-state index < -0.39 is 23.4 Å². The number of nitrogens with one attached hydrogen (secondary N) is 2. The van der Waals surface area contributed by atoms with Gasteiger partial charge < -0.3 is 20.1 Å². The number of carbonyl (C=O) groups is 4. The van der Waals surface area contributed by atoms with Crippen LogP contribution < -0.4 is 10.6 Å². The van der Waals surface area contributed by atoms with Gasteiger partial charge in [0.15, 0.2) is 0 Å². The van der Waals surface area contributed by atoms with Crippen molar-refractivity contribution in [2.75, 3.05) is 14.2 Å². The number of Topliss-reactive ketones (excluding diaryl/α,β-unsaturated/α-hetero) is 1. The summed E-state index contributed by atoms with van der Waals surface area (Å²) < 4.78 is 12.9. The maximum Gasteiger partial charge on any atom is 0.274 e. The molecule has 10 heteroatoms. The second-order valence-electron chi connectivity index (χ2n) is 11.6. The molecule has 4 atom stereocenters. The van der Waals surface area contributed by atoms with Gasteiger partial charge in [-0.25, -0.2) is 0 Å². The number of rotatable bonds is 4. The minimum Gasteiger partial charge on any atom is -0.381 e. The van der Waals surface area contributed by atoms with Crippen LogP contribution in [0.25, 0.3) is 0 Å². The Morgan fingerprint density at radius 3 is 2.42 bits per heavy atom. The maximum atomic E-state index is 13.8. The van der Waals surface area contributed by atoms with Crippen LogP contribution in [0.5, 0.6) is 0 Å². The van der Waals surface area contributed by atoms with Gasteiger partial charge in [-0.05, 0) is 64.4 Å². The van der Waals surface area contributed by atoms with Gasteiger partial charge in [-0.1, -0.05) is 43.7 Å². The van der Waals surface area contributed by atoms with Crippen LogP contribution >= 0.6 is 0 Å². The number of aromatic nitrogens is 2. The minimum absolute atomic E-state index is 0.0827. The zero-order valence-corrected chi connectivity index (χ0v) is 26.4. The van der Waals surface area contributed by atoms with E-state index >= 15 is 0 Å². The topological polar surface area (TPSA) is 129 Å². The van der Waals surface area contributed by atoms with Gasteiger partial charge in [-0.15, -0.1) is 0 Å². The highest BCUT2D eigenvalue weighted by molar-refractivity contribution is 6.24. The van der Waals surface area contributed by atoms with E-state index in [0.29, 0.717) is 24.1 Å². The number of hydrogen-bond acceptors (Lipinski definition) is 7. The Bertz CT molecular complexity index is 1410. The number of methoxy groups -OCH3 is 2. The minimum atomic E-state index is -0.572. The number of allylic oxidation sites excluding steroid dienone is 5. The van der Waals surface area contributed by atoms with E-state index in [1.165, 1.54) is 10.3 Å². The Morgan fingerprint density at radius 1 is 1.07 bits per heavy atom. The number of fused-ring (bicyclic) bond motifs is 2. The fourth-order valence-corrected chi connectivity index (χ4v) is 5.49. The van der Waals surface area contributed by atoms with E-state index in [4.69, 9.17) is 9.47 Å². The molecule has 0 unspecified atom stereocenters. The highest BCUT2D eigenvalue weighted by Gasteiger charge is 2.33. The Morgan fingerprint density at radius 2 is 1.79 bits per heavy atom. The second kappa shape index (κ2) is 15.0. The molecular formula is C33H44N4O6. The quantitative estimate of drug-likeness (QED) is 0.396. The summed E-state index contributed by atoms with van der Waals surface area (Å²) in [7, 11) is 4.94. The van der Waals surface area contributed by atoms with Gasteiger partial charge in [0.25, 0.3) is 11.8 Å². The predicted molar refractivity (Wildman–Crippen MR) is 164 cm³/mol. The summed E-state index contributed by atoms with van der Waals surface area (Å²) in [5.74, 6) is -2.01. The van der Waals surface area contributed by atoms with Gasteiger partial charge >= 0.3 is 0 Å². The number of hydrogen-bond donors (Lipinski definition) is 2. The summed E-state index contributed by atoms with van der Waals surface area (Å²) in [6.45, 7) is 9.57. The van der Waals surface area contributed by atoms with E-state index in [1.54, 1.807) is 53.3 Å². The molecular weight excluding hydrogens is 548 g/mol. The van der Waals surface area contributed by atoms with Gasteiger partial charge in [-0.3, -0.25) is 23.9 Å². The van der Waals surface area contributed by atoms with Crippen LogP contribution in [-0.4, -0.2) is 59.6 Å². The zero-order valence-electron chi connectivity index (χ0n) is 26.4. The standard InChI is InChI=1S/C33H44N4O6/c1-19-12-20(2)14-25(43-8)15-21(3)16-26-30(35-33(41)28-17-23(5)36-37(28)6)29(38)18-27(31(26)39)34-32(40)22(4)10-9-11-24(13-19)42-7/h9-12,17-18,20-21,24-25H,13-16H2,1-8H3,(H,34,40)(H,35,41)/b11-9-,19-12+,22-10+/t20-,21-,24-,25+/m0/s1. The monoisotopic (exact) mass is 592 g/mol. The molecule has 232 valence electrons. The molecule has 1 aromatic rings. The molecule has 10 nitrogen and oxygen atoms in total. The molecule has 1 aromatic heterocycles. The fraction of sp³-hybridized carbons (Fsp3) is 0.485. The van der Waals surface area contributed by atoms with Crippen molar-refractivity contribution < 1.29 is 28.7 Å². The third-order valence-electron chi connectivity index (χ3n) is 7.67. The van der Waals surface area contributed by atoms with Crippen molar-refractivity contribution in [2.45, 2.75) is 72.5 Å². The number of nitrogens with zero attached hydrogens (tertiary/aromatic N) is 2. The molecule has 2 aliphatic rings. The van der Waals surface area contributed by atoms with Gasteiger partial charge in [0.2, 0.25) is 11.6 Å². The average molecular weight is 593 g/mol. The van der Waals surface area contributed by atoms with Crippen molar-refractivity contribution >= 4 is 23.4 Å². The van der Waals surface area contributed by atoms with E-state index in [1.807, 2.05) is 13.0 Å². The van der Waals surface area contributed by atoms with Crippen LogP contribution in [0.15, 0.2) is 64.6 Å². The molecule has 0 fully saturated rings. The van der Waals surface area contributed by atoms with Crippen LogP contribution in [0.4, 0.5) is 0 Å². The lowest BCUT2D eigenvalue weighted by molar-refractivity contribution is -0.120. The van der Waals surface area contributed by atoms with Crippen molar-refractivity contribution in [3.8, 4) is 0 Å². The molecule has 0 spiro atoms. The zero-order chi connectivity index (χ0) is 31.8. The molecule has 0 saturated carbocycles. The van der Waals surface area contributed by atoms with Crippen molar-refractivity contribution in [3.05, 3.63) is 75.9 Å². The maximum absolute atomic E-state index is 13.8. The second-order valence-corrected chi connectivity index (χ2v) is 11.6. The Hall–Kier alpha value is -3.89. The van der Waals surface area contributed by atoms with Crippen LogP contribution in [0, 0.1) is 18.8 Å². The Labute approximate surface area is 254 Å². The number of aryl methyl sites for hydroxylation is 2. The smallest absolute Gasteiger partial charge is 0.274 e. The molecule has 43 heavy (non-hydrogen) atoms. The Balaban J connectivity index is 2.02. The number of amides is 2.